The monoisotopic (exact) mass is 290 g/mol. The molecule has 0 radical (unpaired) electrons. The van der Waals surface area contributed by atoms with Crippen molar-refractivity contribution in [2.75, 3.05) is 18.3 Å². The van der Waals surface area contributed by atoms with Gasteiger partial charge in [0.15, 0.2) is 0 Å². The predicted molar refractivity (Wildman–Crippen MR) is 83.8 cm³/mol. The van der Waals surface area contributed by atoms with Crippen LogP contribution in [-0.4, -0.2) is 23.5 Å². The summed E-state index contributed by atoms with van der Waals surface area (Å²) in [6.07, 6.45) is 6.50. The third-order valence-corrected chi connectivity index (χ3v) is 4.70. The van der Waals surface area contributed by atoms with E-state index in [2.05, 4.69) is 16.4 Å². The van der Waals surface area contributed by atoms with Gasteiger partial charge in [0, 0.05) is 22.8 Å². The Hall–Kier alpha value is -1.48. The van der Waals surface area contributed by atoms with E-state index in [9.17, 15) is 0 Å². The maximum atomic E-state index is 6.21. The SMILES string of the molecule is COc1cccc2c(NC3(CCl)CCCC3)nccc12. The Bertz CT molecular complexity index is 608. The van der Waals surface area contributed by atoms with E-state index in [1.165, 1.54) is 12.8 Å². The molecule has 0 bridgehead atoms. The zero-order valence-electron chi connectivity index (χ0n) is 11.7. The number of ether oxygens (including phenoxy) is 1. The highest BCUT2D eigenvalue weighted by Crippen LogP contribution is 2.36. The molecule has 0 saturated heterocycles. The van der Waals surface area contributed by atoms with Crippen molar-refractivity contribution in [2.24, 2.45) is 0 Å². The Morgan fingerprint density at radius 3 is 2.75 bits per heavy atom. The fourth-order valence-corrected chi connectivity index (χ4v) is 3.38. The second kappa shape index (κ2) is 5.49. The average Bonchev–Trinajstić information content (AvgIpc) is 2.96. The van der Waals surface area contributed by atoms with Crippen molar-refractivity contribution < 1.29 is 4.74 Å². The van der Waals surface area contributed by atoms with Gasteiger partial charge < -0.3 is 10.1 Å². The second-order valence-electron chi connectivity index (χ2n) is 5.46. The van der Waals surface area contributed by atoms with Gasteiger partial charge in [-0.3, -0.25) is 0 Å². The van der Waals surface area contributed by atoms with Gasteiger partial charge in [-0.25, -0.2) is 4.98 Å². The van der Waals surface area contributed by atoms with E-state index >= 15 is 0 Å². The summed E-state index contributed by atoms with van der Waals surface area (Å²) in [5.74, 6) is 2.40. The first-order chi connectivity index (χ1) is 9.78. The number of fused-ring (bicyclic) bond motifs is 1. The molecule has 0 spiro atoms. The first-order valence-corrected chi connectivity index (χ1v) is 7.57. The number of hydrogen-bond acceptors (Lipinski definition) is 3. The van der Waals surface area contributed by atoms with Crippen molar-refractivity contribution in [1.29, 1.82) is 0 Å². The minimum absolute atomic E-state index is 0.00802. The zero-order valence-corrected chi connectivity index (χ0v) is 12.4. The molecule has 1 aliphatic rings. The van der Waals surface area contributed by atoms with Crippen molar-refractivity contribution in [3.8, 4) is 5.75 Å². The maximum absolute atomic E-state index is 6.21. The summed E-state index contributed by atoms with van der Waals surface area (Å²) in [5.41, 5.74) is -0.00802. The summed E-state index contributed by atoms with van der Waals surface area (Å²) in [6.45, 7) is 0. The number of pyridine rings is 1. The van der Waals surface area contributed by atoms with E-state index < -0.39 is 0 Å². The molecule has 1 N–H and O–H groups in total. The summed E-state index contributed by atoms with van der Waals surface area (Å²) >= 11 is 6.21. The molecule has 0 atom stereocenters. The van der Waals surface area contributed by atoms with E-state index in [4.69, 9.17) is 16.3 Å². The Labute approximate surface area is 124 Å². The van der Waals surface area contributed by atoms with Crippen LogP contribution in [0.25, 0.3) is 10.8 Å². The Kier molecular flexibility index (Phi) is 3.70. The molecule has 1 heterocycles. The van der Waals surface area contributed by atoms with E-state index in [1.54, 1.807) is 7.11 Å². The van der Waals surface area contributed by atoms with Crippen LogP contribution in [0.5, 0.6) is 5.75 Å². The van der Waals surface area contributed by atoms with Crippen LogP contribution >= 0.6 is 11.6 Å². The highest BCUT2D eigenvalue weighted by atomic mass is 35.5. The highest BCUT2D eigenvalue weighted by molar-refractivity contribution is 6.19. The molecular formula is C16H19ClN2O. The zero-order chi connectivity index (χ0) is 14.0. The number of aromatic nitrogens is 1. The summed E-state index contributed by atoms with van der Waals surface area (Å²) in [5, 5.41) is 5.76. The molecule has 3 nitrogen and oxygen atoms in total. The average molecular weight is 291 g/mol. The lowest BCUT2D eigenvalue weighted by molar-refractivity contribution is 0.420. The van der Waals surface area contributed by atoms with Crippen molar-refractivity contribution in [2.45, 2.75) is 31.2 Å². The highest BCUT2D eigenvalue weighted by Gasteiger charge is 2.33. The quantitative estimate of drug-likeness (QED) is 0.857. The second-order valence-corrected chi connectivity index (χ2v) is 5.73. The number of rotatable bonds is 4. The molecule has 1 saturated carbocycles. The third-order valence-electron chi connectivity index (χ3n) is 4.19. The molecule has 3 rings (SSSR count). The number of hydrogen-bond donors (Lipinski definition) is 1. The van der Waals surface area contributed by atoms with Crippen LogP contribution in [0, 0.1) is 0 Å². The number of alkyl halides is 1. The molecule has 0 unspecified atom stereocenters. The van der Waals surface area contributed by atoms with E-state index in [-0.39, 0.29) is 5.54 Å². The van der Waals surface area contributed by atoms with Crippen LogP contribution in [0.1, 0.15) is 25.7 Å². The smallest absolute Gasteiger partial charge is 0.134 e. The molecule has 1 aliphatic carbocycles. The third kappa shape index (κ3) is 2.31. The Morgan fingerprint density at radius 1 is 1.25 bits per heavy atom. The number of anilines is 1. The fraction of sp³-hybridized carbons (Fsp3) is 0.438. The van der Waals surface area contributed by atoms with Crippen LogP contribution in [0.2, 0.25) is 0 Å². The number of benzene rings is 1. The van der Waals surface area contributed by atoms with E-state index in [1.807, 2.05) is 24.4 Å². The standard InChI is InChI=1S/C16H19ClN2O/c1-20-14-6-4-5-13-12(14)7-10-18-15(13)19-16(11-17)8-2-3-9-16/h4-7,10H,2-3,8-9,11H2,1H3,(H,18,19). The van der Waals surface area contributed by atoms with Gasteiger partial charge in [0.2, 0.25) is 0 Å². The fourth-order valence-electron chi connectivity index (χ4n) is 3.05. The molecular weight excluding hydrogens is 272 g/mol. The van der Waals surface area contributed by atoms with Gasteiger partial charge in [-0.05, 0) is 25.0 Å². The molecule has 2 aromatic rings. The summed E-state index contributed by atoms with van der Waals surface area (Å²) in [6, 6.07) is 8.03. The van der Waals surface area contributed by atoms with Gasteiger partial charge in [-0.1, -0.05) is 25.0 Å². The Balaban J connectivity index is 2.03. The van der Waals surface area contributed by atoms with E-state index in [0.29, 0.717) is 5.88 Å². The van der Waals surface area contributed by atoms with E-state index in [0.717, 1.165) is 35.2 Å². The topological polar surface area (TPSA) is 34.1 Å². The molecule has 0 amide bonds. The first-order valence-electron chi connectivity index (χ1n) is 7.04. The van der Waals surface area contributed by atoms with Gasteiger partial charge in [0.1, 0.15) is 11.6 Å². The minimum atomic E-state index is -0.00802. The predicted octanol–water partition coefficient (Wildman–Crippen LogP) is 4.21. The van der Waals surface area contributed by atoms with Crippen molar-refractivity contribution in [3.05, 3.63) is 30.5 Å². The molecule has 0 aliphatic heterocycles. The molecule has 1 aromatic heterocycles. The van der Waals surface area contributed by atoms with Gasteiger partial charge in [-0.2, -0.15) is 0 Å². The lowest BCUT2D eigenvalue weighted by Gasteiger charge is -2.29. The van der Waals surface area contributed by atoms with Gasteiger partial charge in [0.05, 0.1) is 12.6 Å². The Morgan fingerprint density at radius 2 is 2.05 bits per heavy atom. The van der Waals surface area contributed by atoms with Crippen LogP contribution in [0.3, 0.4) is 0 Å². The molecule has 1 fully saturated rings. The lowest BCUT2D eigenvalue weighted by atomic mass is 10.00. The van der Waals surface area contributed by atoms with Crippen LogP contribution < -0.4 is 10.1 Å². The first kappa shape index (κ1) is 13.5. The number of methoxy groups -OCH3 is 1. The molecule has 4 heteroatoms. The van der Waals surface area contributed by atoms with Crippen LogP contribution in [0.4, 0.5) is 5.82 Å². The summed E-state index contributed by atoms with van der Waals surface area (Å²) in [4.78, 5) is 4.51. The van der Waals surface area contributed by atoms with Crippen LogP contribution in [0.15, 0.2) is 30.5 Å². The largest absolute Gasteiger partial charge is 0.496 e. The lowest BCUT2D eigenvalue weighted by Crippen LogP contribution is -2.37. The number of halogens is 1. The number of nitrogens with one attached hydrogen (secondary N) is 1. The van der Waals surface area contributed by atoms with Crippen molar-refractivity contribution >= 4 is 28.2 Å². The van der Waals surface area contributed by atoms with Gasteiger partial charge in [-0.15, -0.1) is 11.6 Å². The minimum Gasteiger partial charge on any atom is -0.496 e. The van der Waals surface area contributed by atoms with Crippen LogP contribution in [-0.2, 0) is 0 Å². The van der Waals surface area contributed by atoms with Crippen molar-refractivity contribution in [1.82, 2.24) is 4.98 Å². The number of nitrogens with zero attached hydrogens (tertiary/aromatic N) is 1. The normalized spacial score (nSPS) is 17.3. The molecule has 106 valence electrons. The maximum Gasteiger partial charge on any atom is 0.134 e. The summed E-state index contributed by atoms with van der Waals surface area (Å²) in [7, 11) is 1.69. The van der Waals surface area contributed by atoms with Gasteiger partial charge in [0.25, 0.3) is 0 Å². The molecule has 1 aromatic carbocycles. The molecule has 20 heavy (non-hydrogen) atoms. The summed E-state index contributed by atoms with van der Waals surface area (Å²) < 4.78 is 5.42. The van der Waals surface area contributed by atoms with Crippen molar-refractivity contribution in [3.63, 3.8) is 0 Å². The van der Waals surface area contributed by atoms with Gasteiger partial charge >= 0.3 is 0 Å².